The molecule has 1 aliphatic heterocycles. The van der Waals surface area contributed by atoms with Gasteiger partial charge in [0, 0.05) is 32.2 Å². The summed E-state index contributed by atoms with van der Waals surface area (Å²) in [5, 5.41) is 0. The average molecular weight is 376 g/mol. The lowest BCUT2D eigenvalue weighted by Gasteiger charge is -2.22. The molecule has 0 aromatic heterocycles. The van der Waals surface area contributed by atoms with Crippen molar-refractivity contribution in [2.45, 2.75) is 19.1 Å². The summed E-state index contributed by atoms with van der Waals surface area (Å²) in [6.07, 6.45) is -4.49. The molecule has 0 aliphatic carbocycles. The highest BCUT2D eigenvalue weighted by atomic mass is 19.4. The van der Waals surface area contributed by atoms with E-state index in [0.717, 1.165) is 17.7 Å². The van der Waals surface area contributed by atoms with Crippen LogP contribution < -0.4 is 4.90 Å². The molecule has 1 aliphatic rings. The second kappa shape index (κ2) is 7.42. The summed E-state index contributed by atoms with van der Waals surface area (Å²) in [6, 6.07) is 14.1. The molecule has 0 radical (unpaired) electrons. The van der Waals surface area contributed by atoms with Crippen LogP contribution in [0.15, 0.2) is 54.6 Å². The van der Waals surface area contributed by atoms with Crippen LogP contribution in [0.5, 0.6) is 0 Å². The quantitative estimate of drug-likeness (QED) is 0.816. The molecule has 0 spiro atoms. The molecule has 2 aromatic carbocycles. The van der Waals surface area contributed by atoms with E-state index in [2.05, 4.69) is 0 Å². The van der Waals surface area contributed by atoms with Crippen molar-refractivity contribution >= 4 is 17.5 Å². The molecule has 0 bridgehead atoms. The second-order valence-electron chi connectivity index (χ2n) is 6.63. The van der Waals surface area contributed by atoms with Crippen LogP contribution in [-0.2, 0) is 22.3 Å². The molecule has 1 atom stereocenters. The van der Waals surface area contributed by atoms with Crippen LogP contribution in [0.4, 0.5) is 18.9 Å². The predicted molar refractivity (Wildman–Crippen MR) is 94.8 cm³/mol. The first kappa shape index (κ1) is 18.9. The molecule has 0 saturated carbocycles. The molecule has 3 rings (SSSR count). The molecule has 1 unspecified atom stereocenters. The Bertz CT molecular complexity index is 837. The van der Waals surface area contributed by atoms with Gasteiger partial charge in [0.1, 0.15) is 0 Å². The first-order valence-electron chi connectivity index (χ1n) is 8.52. The number of carbonyl (C=O) groups is 2. The van der Waals surface area contributed by atoms with E-state index >= 15 is 0 Å². The highest BCUT2D eigenvalue weighted by Crippen LogP contribution is 2.33. The van der Waals surface area contributed by atoms with Crippen molar-refractivity contribution in [3.8, 4) is 0 Å². The second-order valence-corrected chi connectivity index (χ2v) is 6.63. The topological polar surface area (TPSA) is 40.6 Å². The van der Waals surface area contributed by atoms with Gasteiger partial charge in [0.15, 0.2) is 0 Å². The minimum absolute atomic E-state index is 0.00575. The molecule has 1 heterocycles. The van der Waals surface area contributed by atoms with Gasteiger partial charge in [-0.2, -0.15) is 13.2 Å². The van der Waals surface area contributed by atoms with E-state index in [1.807, 2.05) is 30.3 Å². The third-order valence-corrected chi connectivity index (χ3v) is 4.60. The first-order chi connectivity index (χ1) is 12.8. The summed E-state index contributed by atoms with van der Waals surface area (Å²) in [4.78, 5) is 27.8. The fraction of sp³-hybridized carbons (Fsp3) is 0.300. The predicted octanol–water partition coefficient (Wildman–Crippen LogP) is 3.72. The van der Waals surface area contributed by atoms with Crippen LogP contribution in [0, 0.1) is 5.92 Å². The van der Waals surface area contributed by atoms with Gasteiger partial charge in [-0.25, -0.2) is 0 Å². The molecule has 1 fully saturated rings. The lowest BCUT2D eigenvalue weighted by Crippen LogP contribution is -2.34. The Morgan fingerprint density at radius 3 is 2.52 bits per heavy atom. The molecule has 4 nitrogen and oxygen atoms in total. The molecule has 2 amide bonds. The standard InChI is InChI=1S/C20H19F3N2O2/c1-24(12-14-6-3-2-4-7-14)19(27)15-10-18(26)25(13-15)17-9-5-8-16(11-17)20(21,22)23/h2-9,11,15H,10,12-13H2,1H3. The van der Waals surface area contributed by atoms with Crippen molar-refractivity contribution in [2.24, 2.45) is 5.92 Å². The third kappa shape index (κ3) is 4.30. The summed E-state index contributed by atoms with van der Waals surface area (Å²) in [7, 11) is 1.66. The number of alkyl halides is 3. The zero-order valence-electron chi connectivity index (χ0n) is 14.7. The molecular formula is C20H19F3N2O2. The van der Waals surface area contributed by atoms with Crippen LogP contribution in [0.3, 0.4) is 0 Å². The minimum Gasteiger partial charge on any atom is -0.341 e. The van der Waals surface area contributed by atoms with Crippen molar-refractivity contribution in [3.05, 3.63) is 65.7 Å². The van der Waals surface area contributed by atoms with Crippen molar-refractivity contribution in [1.82, 2.24) is 4.90 Å². The Labute approximate surface area is 155 Å². The maximum absolute atomic E-state index is 12.9. The number of halogens is 3. The molecular weight excluding hydrogens is 357 g/mol. The summed E-state index contributed by atoms with van der Waals surface area (Å²) in [6.45, 7) is 0.492. The minimum atomic E-state index is -4.48. The van der Waals surface area contributed by atoms with E-state index in [-0.39, 0.29) is 30.5 Å². The van der Waals surface area contributed by atoms with Crippen LogP contribution in [0.1, 0.15) is 17.5 Å². The van der Waals surface area contributed by atoms with Crippen LogP contribution >= 0.6 is 0 Å². The number of anilines is 1. The molecule has 7 heteroatoms. The number of carbonyl (C=O) groups excluding carboxylic acids is 2. The van der Waals surface area contributed by atoms with Crippen LogP contribution in [0.2, 0.25) is 0 Å². The van der Waals surface area contributed by atoms with Gasteiger partial charge >= 0.3 is 6.18 Å². The van der Waals surface area contributed by atoms with Gasteiger partial charge in [-0.3, -0.25) is 9.59 Å². The van der Waals surface area contributed by atoms with E-state index in [1.54, 1.807) is 11.9 Å². The van der Waals surface area contributed by atoms with Crippen molar-refractivity contribution in [2.75, 3.05) is 18.5 Å². The number of amides is 2. The number of rotatable bonds is 4. The largest absolute Gasteiger partial charge is 0.416 e. The van der Waals surface area contributed by atoms with Gasteiger partial charge in [-0.05, 0) is 23.8 Å². The van der Waals surface area contributed by atoms with Gasteiger partial charge in [0.25, 0.3) is 0 Å². The molecule has 27 heavy (non-hydrogen) atoms. The fourth-order valence-corrected chi connectivity index (χ4v) is 3.22. The number of hydrogen-bond donors (Lipinski definition) is 0. The Morgan fingerprint density at radius 2 is 1.85 bits per heavy atom. The monoisotopic (exact) mass is 376 g/mol. The highest BCUT2D eigenvalue weighted by molar-refractivity contribution is 6.00. The smallest absolute Gasteiger partial charge is 0.341 e. The Hall–Kier alpha value is -2.83. The zero-order valence-corrected chi connectivity index (χ0v) is 14.7. The number of nitrogens with zero attached hydrogens (tertiary/aromatic N) is 2. The molecule has 0 N–H and O–H groups in total. The Kier molecular flexibility index (Phi) is 5.21. The normalized spacial score (nSPS) is 17.3. The lowest BCUT2D eigenvalue weighted by molar-refractivity contribution is -0.137. The first-order valence-corrected chi connectivity index (χ1v) is 8.52. The molecule has 142 valence electrons. The summed E-state index contributed by atoms with van der Waals surface area (Å²) < 4.78 is 38.7. The Balaban J connectivity index is 1.71. The van der Waals surface area contributed by atoms with Crippen molar-refractivity contribution < 1.29 is 22.8 Å². The summed E-state index contributed by atoms with van der Waals surface area (Å²) in [5.41, 5.74) is 0.312. The maximum atomic E-state index is 12.9. The van der Waals surface area contributed by atoms with E-state index in [9.17, 15) is 22.8 Å². The van der Waals surface area contributed by atoms with Crippen molar-refractivity contribution in [3.63, 3.8) is 0 Å². The number of hydrogen-bond acceptors (Lipinski definition) is 2. The lowest BCUT2D eigenvalue weighted by atomic mass is 10.1. The number of benzene rings is 2. The summed E-state index contributed by atoms with van der Waals surface area (Å²) in [5.74, 6) is -1.11. The maximum Gasteiger partial charge on any atom is 0.416 e. The van der Waals surface area contributed by atoms with E-state index in [4.69, 9.17) is 0 Å². The molecule has 1 saturated heterocycles. The fourth-order valence-electron chi connectivity index (χ4n) is 3.22. The van der Waals surface area contributed by atoms with Gasteiger partial charge < -0.3 is 9.80 Å². The Morgan fingerprint density at radius 1 is 1.15 bits per heavy atom. The van der Waals surface area contributed by atoms with Gasteiger partial charge in [0.05, 0.1) is 11.5 Å². The van der Waals surface area contributed by atoms with Gasteiger partial charge in [-0.15, -0.1) is 0 Å². The van der Waals surface area contributed by atoms with Gasteiger partial charge in [-0.1, -0.05) is 36.4 Å². The van der Waals surface area contributed by atoms with E-state index in [0.29, 0.717) is 6.54 Å². The average Bonchev–Trinajstić information content (AvgIpc) is 3.03. The van der Waals surface area contributed by atoms with Crippen molar-refractivity contribution in [1.29, 1.82) is 0 Å². The third-order valence-electron chi connectivity index (χ3n) is 4.60. The zero-order chi connectivity index (χ0) is 19.6. The van der Waals surface area contributed by atoms with Gasteiger partial charge in [0.2, 0.25) is 11.8 Å². The van der Waals surface area contributed by atoms with Crippen LogP contribution in [0.25, 0.3) is 0 Å². The molecule has 2 aromatic rings. The van der Waals surface area contributed by atoms with E-state index in [1.165, 1.54) is 17.0 Å². The summed E-state index contributed by atoms with van der Waals surface area (Å²) >= 11 is 0. The SMILES string of the molecule is CN(Cc1ccccc1)C(=O)C1CC(=O)N(c2cccc(C(F)(F)F)c2)C1. The van der Waals surface area contributed by atoms with Crippen LogP contribution in [-0.4, -0.2) is 30.3 Å². The highest BCUT2D eigenvalue weighted by Gasteiger charge is 2.37. The van der Waals surface area contributed by atoms with E-state index < -0.39 is 17.7 Å².